The van der Waals surface area contributed by atoms with Gasteiger partial charge in [-0.2, -0.15) is 5.26 Å². The van der Waals surface area contributed by atoms with Crippen LogP contribution >= 0.6 is 15.9 Å². The highest BCUT2D eigenvalue weighted by Crippen LogP contribution is 2.49. The van der Waals surface area contributed by atoms with Crippen LogP contribution in [0, 0.1) is 16.7 Å². The lowest BCUT2D eigenvalue weighted by atomic mass is 9.64. The van der Waals surface area contributed by atoms with Crippen LogP contribution in [-0.2, 0) is 5.60 Å². The molecule has 108 valence electrons. The number of halogens is 1. The lowest BCUT2D eigenvalue weighted by molar-refractivity contribution is -0.0588. The minimum Gasteiger partial charge on any atom is -0.384 e. The van der Waals surface area contributed by atoms with Crippen molar-refractivity contribution < 1.29 is 5.11 Å². The van der Waals surface area contributed by atoms with Gasteiger partial charge >= 0.3 is 0 Å². The van der Waals surface area contributed by atoms with Crippen molar-refractivity contribution in [3.8, 4) is 6.07 Å². The van der Waals surface area contributed by atoms with Crippen molar-refractivity contribution in [2.45, 2.75) is 57.5 Å². The minimum atomic E-state index is -1.13. The Hall–Kier alpha value is -0.850. The molecule has 2 rings (SSSR count). The summed E-state index contributed by atoms with van der Waals surface area (Å²) in [6.07, 6.45) is 7.17. The van der Waals surface area contributed by atoms with Gasteiger partial charge in [-0.25, -0.2) is 0 Å². The standard InChI is InChI=1S/C17H22BrNO/c1-16(20,14-9-5-6-10-15(14)18)17(13-19)11-7-3-2-4-8-12-17/h5-6,9-10,20H,2-4,7-8,11-12H2,1H3. The summed E-state index contributed by atoms with van der Waals surface area (Å²) < 4.78 is 0.877. The van der Waals surface area contributed by atoms with Crippen LogP contribution in [0.15, 0.2) is 28.7 Å². The summed E-state index contributed by atoms with van der Waals surface area (Å²) in [5.74, 6) is 0. The van der Waals surface area contributed by atoms with Crippen molar-refractivity contribution in [3.05, 3.63) is 34.3 Å². The molecule has 0 saturated heterocycles. The molecule has 0 amide bonds. The van der Waals surface area contributed by atoms with Crippen LogP contribution in [0.5, 0.6) is 0 Å². The fourth-order valence-electron chi connectivity index (χ4n) is 3.33. The van der Waals surface area contributed by atoms with E-state index in [0.29, 0.717) is 0 Å². The number of aliphatic hydroxyl groups is 1. The molecule has 20 heavy (non-hydrogen) atoms. The fourth-order valence-corrected chi connectivity index (χ4v) is 4.00. The largest absolute Gasteiger partial charge is 0.384 e. The molecule has 0 bridgehead atoms. The second kappa shape index (κ2) is 6.28. The van der Waals surface area contributed by atoms with Gasteiger partial charge in [0.15, 0.2) is 0 Å². The first-order chi connectivity index (χ1) is 9.53. The first kappa shape index (κ1) is 15.5. The Kier molecular flexibility index (Phi) is 4.88. The maximum absolute atomic E-state index is 11.2. The van der Waals surface area contributed by atoms with Gasteiger partial charge in [-0.3, -0.25) is 0 Å². The van der Waals surface area contributed by atoms with E-state index in [1.54, 1.807) is 6.92 Å². The minimum absolute atomic E-state index is 0.683. The lowest BCUT2D eigenvalue weighted by Crippen LogP contribution is -2.43. The molecule has 0 heterocycles. The smallest absolute Gasteiger partial charge is 0.106 e. The Labute approximate surface area is 129 Å². The Morgan fingerprint density at radius 3 is 2.25 bits per heavy atom. The maximum atomic E-state index is 11.2. The Balaban J connectivity index is 2.42. The maximum Gasteiger partial charge on any atom is 0.106 e. The van der Waals surface area contributed by atoms with Crippen molar-refractivity contribution in [2.24, 2.45) is 5.41 Å². The van der Waals surface area contributed by atoms with Crippen LogP contribution in [0.2, 0.25) is 0 Å². The van der Waals surface area contributed by atoms with Crippen LogP contribution in [0.3, 0.4) is 0 Å². The molecule has 1 atom stereocenters. The van der Waals surface area contributed by atoms with Crippen LogP contribution in [0.4, 0.5) is 0 Å². The van der Waals surface area contributed by atoms with E-state index in [4.69, 9.17) is 0 Å². The molecular weight excluding hydrogens is 314 g/mol. The number of hydrogen-bond donors (Lipinski definition) is 1. The van der Waals surface area contributed by atoms with Crippen molar-refractivity contribution in [1.29, 1.82) is 5.26 Å². The summed E-state index contributed by atoms with van der Waals surface area (Å²) >= 11 is 3.52. The number of nitriles is 1. The van der Waals surface area contributed by atoms with Crippen LogP contribution in [-0.4, -0.2) is 5.11 Å². The summed E-state index contributed by atoms with van der Waals surface area (Å²) in [4.78, 5) is 0. The molecule has 1 aromatic carbocycles. The number of benzene rings is 1. The van der Waals surface area contributed by atoms with E-state index in [1.807, 2.05) is 24.3 Å². The van der Waals surface area contributed by atoms with Crippen molar-refractivity contribution in [2.75, 3.05) is 0 Å². The molecule has 0 aromatic heterocycles. The van der Waals surface area contributed by atoms with Gasteiger partial charge < -0.3 is 5.11 Å². The van der Waals surface area contributed by atoms with Gasteiger partial charge in [-0.1, -0.05) is 66.2 Å². The first-order valence-corrected chi connectivity index (χ1v) is 8.21. The first-order valence-electron chi connectivity index (χ1n) is 7.42. The molecule has 1 aliphatic carbocycles. The monoisotopic (exact) mass is 335 g/mol. The molecule has 3 heteroatoms. The molecule has 2 nitrogen and oxygen atoms in total. The van der Waals surface area contributed by atoms with E-state index in [1.165, 1.54) is 6.42 Å². The topological polar surface area (TPSA) is 44.0 Å². The Bertz CT molecular complexity index is 496. The molecule has 0 spiro atoms. The third kappa shape index (κ3) is 2.77. The number of nitrogens with zero attached hydrogens (tertiary/aromatic N) is 1. The van der Waals surface area contributed by atoms with Gasteiger partial charge in [0.2, 0.25) is 0 Å². The summed E-state index contributed by atoms with van der Waals surface area (Å²) in [6.45, 7) is 1.80. The normalized spacial score (nSPS) is 22.1. The van der Waals surface area contributed by atoms with Gasteiger partial charge in [0.05, 0.1) is 11.5 Å². The highest BCUT2D eigenvalue weighted by molar-refractivity contribution is 9.10. The molecule has 0 radical (unpaired) electrons. The number of rotatable bonds is 2. The van der Waals surface area contributed by atoms with Gasteiger partial charge in [-0.05, 0) is 31.4 Å². The zero-order chi connectivity index (χ0) is 14.6. The molecule has 1 saturated carbocycles. The predicted molar refractivity (Wildman–Crippen MR) is 84.1 cm³/mol. The molecular formula is C17H22BrNO. The third-order valence-corrected chi connectivity index (χ3v) is 5.44. The van der Waals surface area contributed by atoms with E-state index >= 15 is 0 Å². The quantitative estimate of drug-likeness (QED) is 0.834. The number of hydrogen-bond acceptors (Lipinski definition) is 2. The van der Waals surface area contributed by atoms with E-state index in [9.17, 15) is 10.4 Å². The summed E-state index contributed by atoms with van der Waals surface area (Å²) in [5.41, 5.74) is -0.988. The average Bonchev–Trinajstić information content (AvgIpc) is 2.39. The highest BCUT2D eigenvalue weighted by atomic mass is 79.9. The zero-order valence-corrected chi connectivity index (χ0v) is 13.6. The van der Waals surface area contributed by atoms with E-state index < -0.39 is 11.0 Å². The van der Waals surface area contributed by atoms with E-state index in [-0.39, 0.29) is 0 Å². The van der Waals surface area contributed by atoms with E-state index in [0.717, 1.165) is 48.6 Å². The molecule has 1 unspecified atom stereocenters. The summed E-state index contributed by atoms with van der Waals surface area (Å²) in [5, 5.41) is 21.0. The third-order valence-electron chi connectivity index (χ3n) is 4.75. The zero-order valence-electron chi connectivity index (χ0n) is 12.0. The summed E-state index contributed by atoms with van der Waals surface area (Å²) in [7, 11) is 0. The van der Waals surface area contributed by atoms with Crippen molar-refractivity contribution >= 4 is 15.9 Å². The Morgan fingerprint density at radius 1 is 1.15 bits per heavy atom. The Morgan fingerprint density at radius 2 is 1.70 bits per heavy atom. The predicted octanol–water partition coefficient (Wildman–Crippen LogP) is 4.91. The van der Waals surface area contributed by atoms with Gasteiger partial charge in [0.25, 0.3) is 0 Å². The molecule has 1 aliphatic rings. The van der Waals surface area contributed by atoms with Gasteiger partial charge in [0, 0.05) is 4.47 Å². The second-order valence-electron chi connectivity index (χ2n) is 6.01. The molecule has 1 fully saturated rings. The van der Waals surface area contributed by atoms with Gasteiger partial charge in [0.1, 0.15) is 5.60 Å². The molecule has 1 N–H and O–H groups in total. The van der Waals surface area contributed by atoms with Crippen LogP contribution in [0.1, 0.15) is 57.4 Å². The second-order valence-corrected chi connectivity index (χ2v) is 6.87. The van der Waals surface area contributed by atoms with Crippen LogP contribution < -0.4 is 0 Å². The van der Waals surface area contributed by atoms with Crippen molar-refractivity contribution in [3.63, 3.8) is 0 Å². The molecule has 0 aliphatic heterocycles. The average molecular weight is 336 g/mol. The lowest BCUT2D eigenvalue weighted by Gasteiger charge is -2.42. The van der Waals surface area contributed by atoms with Crippen LogP contribution in [0.25, 0.3) is 0 Å². The highest BCUT2D eigenvalue weighted by Gasteiger charge is 2.48. The van der Waals surface area contributed by atoms with Crippen molar-refractivity contribution in [1.82, 2.24) is 0 Å². The van der Waals surface area contributed by atoms with Gasteiger partial charge in [-0.15, -0.1) is 0 Å². The SMILES string of the molecule is CC(O)(c1ccccc1Br)C1(C#N)CCCCCCC1. The summed E-state index contributed by atoms with van der Waals surface area (Å²) in [6, 6.07) is 10.2. The van der Waals surface area contributed by atoms with E-state index in [2.05, 4.69) is 22.0 Å². The molecule has 1 aromatic rings. The fraction of sp³-hybridized carbons (Fsp3) is 0.588.